The number of fused-ring (bicyclic) bond motifs is 6. The van der Waals surface area contributed by atoms with Gasteiger partial charge in [-0.3, -0.25) is 0 Å². The molecule has 0 saturated carbocycles. The van der Waals surface area contributed by atoms with E-state index in [1.807, 2.05) is 91.0 Å². The molecule has 7 aromatic carbocycles. The fourth-order valence-electron chi connectivity index (χ4n) is 7.07. The zero-order chi connectivity index (χ0) is 33.0. The lowest BCUT2D eigenvalue weighted by molar-refractivity contribution is 0.669. The molecule has 0 atom stereocenters. The van der Waals surface area contributed by atoms with Gasteiger partial charge in [0.15, 0.2) is 17.5 Å². The van der Waals surface area contributed by atoms with Gasteiger partial charge in [0, 0.05) is 49.4 Å². The van der Waals surface area contributed by atoms with Crippen LogP contribution < -0.4 is 0 Å². The number of rotatable bonds is 5. The van der Waals surface area contributed by atoms with E-state index in [1.54, 1.807) is 0 Å². The number of furan rings is 2. The van der Waals surface area contributed by atoms with Gasteiger partial charge in [0.25, 0.3) is 0 Å². The molecule has 234 valence electrons. The normalized spacial score (nSPS) is 11.6. The van der Waals surface area contributed by atoms with Crippen molar-refractivity contribution in [1.82, 2.24) is 15.0 Å². The van der Waals surface area contributed by atoms with Gasteiger partial charge in [-0.15, -0.1) is 0 Å². The highest BCUT2D eigenvalue weighted by atomic mass is 16.3. The van der Waals surface area contributed by atoms with Gasteiger partial charge in [0.05, 0.1) is 0 Å². The summed E-state index contributed by atoms with van der Waals surface area (Å²) in [5.41, 5.74) is 10.1. The molecule has 0 N–H and O–H groups in total. The average molecular weight is 642 g/mol. The molecule has 0 amide bonds. The standard InChI is InChI=1S/C45H27N3O2/c1-4-14-28(15-5-1)31-26-27-36(45-47-43(29-16-6-2-7-17-29)46-44(48-45)30-18-8-3-9-19-30)40-35-23-12-22-33(41(35)50-42(31)40)32-21-13-25-38-39(32)34-20-10-11-24-37(34)49-38/h1-27H. The van der Waals surface area contributed by atoms with Gasteiger partial charge >= 0.3 is 0 Å². The first-order valence-electron chi connectivity index (χ1n) is 16.6. The summed E-state index contributed by atoms with van der Waals surface area (Å²) in [6.45, 7) is 0. The van der Waals surface area contributed by atoms with E-state index in [0.717, 1.165) is 82.8 Å². The van der Waals surface area contributed by atoms with Crippen molar-refractivity contribution in [3.8, 4) is 56.4 Å². The summed E-state index contributed by atoms with van der Waals surface area (Å²) in [4.78, 5) is 15.2. The maximum absolute atomic E-state index is 7.05. The Hall–Kier alpha value is -6.85. The van der Waals surface area contributed by atoms with Gasteiger partial charge in [-0.1, -0.05) is 140 Å². The summed E-state index contributed by atoms with van der Waals surface area (Å²) >= 11 is 0. The Morgan fingerprint density at radius 1 is 0.300 bits per heavy atom. The molecular formula is C45H27N3O2. The first-order chi connectivity index (χ1) is 24.8. The van der Waals surface area contributed by atoms with E-state index in [-0.39, 0.29) is 0 Å². The molecule has 0 radical (unpaired) electrons. The van der Waals surface area contributed by atoms with Crippen LogP contribution in [0.25, 0.3) is 100 Å². The third-order valence-electron chi connectivity index (χ3n) is 9.36. The summed E-state index contributed by atoms with van der Waals surface area (Å²) in [6, 6.07) is 55.5. The molecule has 0 spiro atoms. The van der Waals surface area contributed by atoms with Crippen LogP contribution in [0.15, 0.2) is 173 Å². The molecule has 3 aromatic heterocycles. The molecule has 3 heterocycles. The Bertz CT molecular complexity index is 2800. The van der Waals surface area contributed by atoms with E-state index in [2.05, 4.69) is 72.8 Å². The second-order valence-corrected chi connectivity index (χ2v) is 12.3. The fraction of sp³-hybridized carbons (Fsp3) is 0. The lowest BCUT2D eigenvalue weighted by atomic mass is 9.95. The van der Waals surface area contributed by atoms with Crippen molar-refractivity contribution in [3.05, 3.63) is 164 Å². The average Bonchev–Trinajstić information content (AvgIpc) is 3.78. The smallest absolute Gasteiger partial charge is 0.164 e. The van der Waals surface area contributed by atoms with Crippen molar-refractivity contribution >= 4 is 43.9 Å². The van der Waals surface area contributed by atoms with Gasteiger partial charge in [0.1, 0.15) is 22.3 Å². The largest absolute Gasteiger partial charge is 0.456 e. The molecule has 0 bridgehead atoms. The van der Waals surface area contributed by atoms with Crippen LogP contribution in [0.1, 0.15) is 0 Å². The first-order valence-corrected chi connectivity index (χ1v) is 16.6. The van der Waals surface area contributed by atoms with Gasteiger partial charge in [-0.05, 0) is 35.4 Å². The Balaban J connectivity index is 1.29. The second kappa shape index (κ2) is 11.4. The fourth-order valence-corrected chi connectivity index (χ4v) is 7.07. The Morgan fingerprint density at radius 2 is 0.840 bits per heavy atom. The number of benzene rings is 7. The number of hydrogen-bond donors (Lipinski definition) is 0. The SMILES string of the molecule is c1ccc(-c2nc(-c3ccccc3)nc(-c3ccc(-c4ccccc4)c4oc5c(-c6cccc7oc8ccccc8c67)cccc5c34)n2)cc1. The quantitative estimate of drug-likeness (QED) is 0.187. The van der Waals surface area contributed by atoms with Crippen LogP contribution in [-0.2, 0) is 0 Å². The Morgan fingerprint density at radius 3 is 1.56 bits per heavy atom. The van der Waals surface area contributed by atoms with Gasteiger partial charge in [-0.2, -0.15) is 0 Å². The van der Waals surface area contributed by atoms with E-state index < -0.39 is 0 Å². The van der Waals surface area contributed by atoms with Crippen molar-refractivity contribution < 1.29 is 8.83 Å². The van der Waals surface area contributed by atoms with Crippen molar-refractivity contribution in [1.29, 1.82) is 0 Å². The number of aromatic nitrogens is 3. The summed E-state index contributed by atoms with van der Waals surface area (Å²) in [5.74, 6) is 1.81. The van der Waals surface area contributed by atoms with Crippen molar-refractivity contribution in [2.45, 2.75) is 0 Å². The van der Waals surface area contributed by atoms with Crippen molar-refractivity contribution in [2.24, 2.45) is 0 Å². The predicted octanol–water partition coefficient (Wildman–Crippen LogP) is 12.0. The highest BCUT2D eigenvalue weighted by molar-refractivity contribution is 6.21. The molecule has 10 rings (SSSR count). The molecule has 5 heteroatoms. The van der Waals surface area contributed by atoms with Gasteiger partial charge < -0.3 is 8.83 Å². The van der Waals surface area contributed by atoms with Crippen LogP contribution in [0, 0.1) is 0 Å². The van der Waals surface area contributed by atoms with Crippen LogP contribution >= 0.6 is 0 Å². The van der Waals surface area contributed by atoms with E-state index in [0.29, 0.717) is 17.5 Å². The highest BCUT2D eigenvalue weighted by Gasteiger charge is 2.23. The predicted molar refractivity (Wildman–Crippen MR) is 202 cm³/mol. The van der Waals surface area contributed by atoms with Gasteiger partial charge in [0.2, 0.25) is 0 Å². The molecule has 0 saturated heterocycles. The summed E-state index contributed by atoms with van der Waals surface area (Å²) in [6.07, 6.45) is 0. The maximum Gasteiger partial charge on any atom is 0.164 e. The zero-order valence-corrected chi connectivity index (χ0v) is 26.7. The zero-order valence-electron chi connectivity index (χ0n) is 26.7. The molecule has 0 fully saturated rings. The molecule has 0 aliphatic carbocycles. The summed E-state index contributed by atoms with van der Waals surface area (Å²) in [5, 5.41) is 4.08. The maximum atomic E-state index is 7.05. The molecule has 0 aliphatic rings. The molecule has 0 unspecified atom stereocenters. The van der Waals surface area contributed by atoms with Crippen LogP contribution in [0.5, 0.6) is 0 Å². The lowest BCUT2D eigenvalue weighted by Gasteiger charge is -2.10. The topological polar surface area (TPSA) is 65.0 Å². The minimum absolute atomic E-state index is 0.582. The number of hydrogen-bond acceptors (Lipinski definition) is 5. The monoisotopic (exact) mass is 641 g/mol. The third kappa shape index (κ3) is 4.52. The molecule has 10 aromatic rings. The van der Waals surface area contributed by atoms with Crippen molar-refractivity contribution in [2.75, 3.05) is 0 Å². The Labute approximate surface area is 287 Å². The minimum atomic E-state index is 0.582. The molecule has 0 aliphatic heterocycles. The number of para-hydroxylation sites is 2. The van der Waals surface area contributed by atoms with Crippen LogP contribution in [0.3, 0.4) is 0 Å². The molecule has 50 heavy (non-hydrogen) atoms. The van der Waals surface area contributed by atoms with Crippen LogP contribution in [-0.4, -0.2) is 15.0 Å². The van der Waals surface area contributed by atoms with Gasteiger partial charge in [-0.25, -0.2) is 15.0 Å². The lowest BCUT2D eigenvalue weighted by Crippen LogP contribution is -2.00. The highest BCUT2D eigenvalue weighted by Crippen LogP contribution is 2.46. The van der Waals surface area contributed by atoms with Crippen LogP contribution in [0.2, 0.25) is 0 Å². The first kappa shape index (κ1) is 28.2. The number of nitrogens with zero attached hydrogens (tertiary/aromatic N) is 3. The molecular weight excluding hydrogens is 615 g/mol. The van der Waals surface area contributed by atoms with E-state index in [4.69, 9.17) is 23.8 Å². The van der Waals surface area contributed by atoms with Crippen LogP contribution in [0.4, 0.5) is 0 Å². The molecule has 5 nitrogen and oxygen atoms in total. The second-order valence-electron chi connectivity index (χ2n) is 12.3. The van der Waals surface area contributed by atoms with E-state index in [9.17, 15) is 0 Å². The Kier molecular flexibility index (Phi) is 6.42. The minimum Gasteiger partial charge on any atom is -0.456 e. The van der Waals surface area contributed by atoms with Crippen molar-refractivity contribution in [3.63, 3.8) is 0 Å². The van der Waals surface area contributed by atoms with E-state index >= 15 is 0 Å². The van der Waals surface area contributed by atoms with E-state index in [1.165, 1.54) is 0 Å². The third-order valence-corrected chi connectivity index (χ3v) is 9.36. The summed E-state index contributed by atoms with van der Waals surface area (Å²) in [7, 11) is 0. The summed E-state index contributed by atoms with van der Waals surface area (Å²) < 4.78 is 13.3.